The summed E-state index contributed by atoms with van der Waals surface area (Å²) in [5, 5.41) is 2.36. The first kappa shape index (κ1) is 17.3. The molecule has 0 unspecified atom stereocenters. The smallest absolute Gasteiger partial charge is 0.317 e. The van der Waals surface area contributed by atoms with Gasteiger partial charge in [-0.1, -0.05) is 24.3 Å². The monoisotopic (exact) mass is 352 g/mol. The first-order valence-corrected chi connectivity index (χ1v) is 7.83. The molecule has 132 valence electrons. The standard InChI is InChI=1S/C18H16F4N2O/c19-13-7-5-12(6-8-13)11-24(14-9-10-14)17(25)23-16-4-2-1-3-15(16)18(20,21)22/h1-8,14H,9-11H2,(H,23,25). The number of urea groups is 1. The van der Waals surface area contributed by atoms with Crippen molar-refractivity contribution in [3.8, 4) is 0 Å². The first-order chi connectivity index (χ1) is 11.8. The molecule has 7 heteroatoms. The third-order valence-electron chi connectivity index (χ3n) is 3.99. The molecule has 0 saturated heterocycles. The highest BCUT2D eigenvalue weighted by Gasteiger charge is 2.36. The van der Waals surface area contributed by atoms with Crippen LogP contribution in [0.1, 0.15) is 24.0 Å². The average molecular weight is 352 g/mol. The maximum absolute atomic E-state index is 13.1. The van der Waals surface area contributed by atoms with Crippen LogP contribution in [0.15, 0.2) is 48.5 Å². The number of amides is 2. The number of anilines is 1. The van der Waals surface area contributed by atoms with Gasteiger partial charge in [-0.2, -0.15) is 13.2 Å². The van der Waals surface area contributed by atoms with Crippen LogP contribution in [0, 0.1) is 5.82 Å². The molecule has 3 rings (SSSR count). The van der Waals surface area contributed by atoms with Crippen LogP contribution in [0.3, 0.4) is 0 Å². The summed E-state index contributed by atoms with van der Waals surface area (Å²) < 4.78 is 52.2. The van der Waals surface area contributed by atoms with Gasteiger partial charge < -0.3 is 10.2 Å². The Labute approximate surface area is 142 Å². The van der Waals surface area contributed by atoms with Crippen molar-refractivity contribution in [1.82, 2.24) is 4.90 Å². The van der Waals surface area contributed by atoms with Gasteiger partial charge in [-0.3, -0.25) is 0 Å². The van der Waals surface area contributed by atoms with Crippen LogP contribution in [-0.2, 0) is 12.7 Å². The fraction of sp³-hybridized carbons (Fsp3) is 0.278. The number of nitrogens with one attached hydrogen (secondary N) is 1. The van der Waals surface area contributed by atoms with E-state index in [0.29, 0.717) is 5.56 Å². The summed E-state index contributed by atoms with van der Waals surface area (Å²) in [6, 6.07) is 9.95. The normalized spacial score (nSPS) is 14.2. The molecule has 0 radical (unpaired) electrons. The second-order valence-electron chi connectivity index (χ2n) is 5.96. The highest BCUT2D eigenvalue weighted by molar-refractivity contribution is 5.90. The Morgan fingerprint density at radius 3 is 2.32 bits per heavy atom. The van der Waals surface area contributed by atoms with Gasteiger partial charge in [-0.05, 0) is 42.7 Å². The molecule has 2 aromatic carbocycles. The quantitative estimate of drug-likeness (QED) is 0.768. The van der Waals surface area contributed by atoms with E-state index in [2.05, 4.69) is 5.32 Å². The predicted octanol–water partition coefficient (Wildman–Crippen LogP) is 5.04. The van der Waals surface area contributed by atoms with Gasteiger partial charge in [-0.15, -0.1) is 0 Å². The third-order valence-corrected chi connectivity index (χ3v) is 3.99. The van der Waals surface area contributed by atoms with E-state index < -0.39 is 17.8 Å². The summed E-state index contributed by atoms with van der Waals surface area (Å²) in [5.74, 6) is -0.384. The number of benzene rings is 2. The zero-order valence-electron chi connectivity index (χ0n) is 13.2. The molecule has 2 amide bonds. The molecular formula is C18H16F4N2O. The number of carbonyl (C=O) groups excluding carboxylic acids is 1. The van der Waals surface area contributed by atoms with Crippen LogP contribution < -0.4 is 5.32 Å². The van der Waals surface area contributed by atoms with Crippen LogP contribution in [-0.4, -0.2) is 17.0 Å². The molecular weight excluding hydrogens is 336 g/mol. The molecule has 25 heavy (non-hydrogen) atoms. The Kier molecular flexibility index (Phi) is 4.65. The molecule has 0 heterocycles. The number of alkyl halides is 3. The van der Waals surface area contributed by atoms with Gasteiger partial charge in [0.15, 0.2) is 0 Å². The zero-order chi connectivity index (χ0) is 18.0. The van der Waals surface area contributed by atoms with Crippen molar-refractivity contribution < 1.29 is 22.4 Å². The van der Waals surface area contributed by atoms with E-state index in [1.54, 1.807) is 12.1 Å². The first-order valence-electron chi connectivity index (χ1n) is 7.83. The van der Waals surface area contributed by atoms with Gasteiger partial charge in [0.1, 0.15) is 5.82 Å². The Bertz CT molecular complexity index is 754. The topological polar surface area (TPSA) is 32.3 Å². The van der Waals surface area contributed by atoms with Gasteiger partial charge in [0.05, 0.1) is 11.3 Å². The van der Waals surface area contributed by atoms with E-state index in [-0.39, 0.29) is 24.1 Å². The number of rotatable bonds is 4. The van der Waals surface area contributed by atoms with Crippen LogP contribution in [0.5, 0.6) is 0 Å². The predicted molar refractivity (Wildman–Crippen MR) is 85.4 cm³/mol. The minimum Gasteiger partial charge on any atom is -0.317 e. The molecule has 2 aromatic rings. The minimum absolute atomic E-state index is 0.0110. The zero-order valence-corrected chi connectivity index (χ0v) is 13.2. The maximum atomic E-state index is 13.1. The molecule has 0 aliphatic heterocycles. The van der Waals surface area contributed by atoms with E-state index >= 15 is 0 Å². The van der Waals surface area contributed by atoms with Crippen LogP contribution >= 0.6 is 0 Å². The van der Waals surface area contributed by atoms with Crippen molar-refractivity contribution in [2.75, 3.05) is 5.32 Å². The van der Waals surface area contributed by atoms with Gasteiger partial charge in [-0.25, -0.2) is 9.18 Å². The summed E-state index contributed by atoms with van der Waals surface area (Å²) in [6.45, 7) is 0.213. The maximum Gasteiger partial charge on any atom is 0.418 e. The number of halogens is 4. The molecule has 3 nitrogen and oxygen atoms in total. The molecule has 1 aliphatic carbocycles. The number of hydrogen-bond donors (Lipinski definition) is 1. The van der Waals surface area contributed by atoms with Crippen molar-refractivity contribution in [2.45, 2.75) is 31.6 Å². The van der Waals surface area contributed by atoms with Gasteiger partial charge in [0.2, 0.25) is 0 Å². The molecule has 0 bridgehead atoms. The second kappa shape index (κ2) is 6.74. The van der Waals surface area contributed by atoms with Crippen LogP contribution in [0.25, 0.3) is 0 Å². The van der Waals surface area contributed by atoms with Crippen molar-refractivity contribution >= 4 is 11.7 Å². The number of nitrogens with zero attached hydrogens (tertiary/aromatic N) is 1. The van der Waals surface area contributed by atoms with Crippen molar-refractivity contribution in [3.63, 3.8) is 0 Å². The van der Waals surface area contributed by atoms with E-state index in [1.807, 2.05) is 0 Å². The van der Waals surface area contributed by atoms with Gasteiger partial charge >= 0.3 is 12.2 Å². The second-order valence-corrected chi connectivity index (χ2v) is 5.96. The lowest BCUT2D eigenvalue weighted by atomic mass is 10.1. The van der Waals surface area contributed by atoms with E-state index in [4.69, 9.17) is 0 Å². The highest BCUT2D eigenvalue weighted by atomic mass is 19.4. The molecule has 1 aliphatic rings. The van der Waals surface area contributed by atoms with Gasteiger partial charge in [0, 0.05) is 12.6 Å². The Morgan fingerprint density at radius 2 is 1.72 bits per heavy atom. The lowest BCUT2D eigenvalue weighted by molar-refractivity contribution is -0.136. The fourth-order valence-electron chi connectivity index (χ4n) is 2.57. The lowest BCUT2D eigenvalue weighted by Crippen LogP contribution is -2.36. The van der Waals surface area contributed by atoms with Crippen molar-refractivity contribution in [2.24, 2.45) is 0 Å². The summed E-state index contributed by atoms with van der Waals surface area (Å²) in [5.41, 5.74) is -0.446. The number of hydrogen-bond acceptors (Lipinski definition) is 1. The van der Waals surface area contributed by atoms with E-state index in [1.165, 1.54) is 35.2 Å². The minimum atomic E-state index is -4.55. The molecule has 0 atom stereocenters. The van der Waals surface area contributed by atoms with Crippen molar-refractivity contribution in [1.29, 1.82) is 0 Å². The van der Waals surface area contributed by atoms with Crippen molar-refractivity contribution in [3.05, 3.63) is 65.5 Å². The van der Waals surface area contributed by atoms with Crippen LogP contribution in [0.2, 0.25) is 0 Å². The van der Waals surface area contributed by atoms with E-state index in [9.17, 15) is 22.4 Å². The molecule has 1 N–H and O–H groups in total. The Morgan fingerprint density at radius 1 is 1.08 bits per heavy atom. The molecule has 1 saturated carbocycles. The largest absolute Gasteiger partial charge is 0.418 e. The summed E-state index contributed by atoms with van der Waals surface area (Å²) in [7, 11) is 0. The van der Waals surface area contributed by atoms with E-state index in [0.717, 1.165) is 18.9 Å². The Balaban J connectivity index is 1.77. The number of para-hydroxylation sites is 1. The van der Waals surface area contributed by atoms with Gasteiger partial charge in [0.25, 0.3) is 0 Å². The third kappa shape index (κ3) is 4.29. The summed E-state index contributed by atoms with van der Waals surface area (Å²) in [4.78, 5) is 14.0. The fourth-order valence-corrected chi connectivity index (χ4v) is 2.57. The number of carbonyl (C=O) groups is 1. The Hall–Kier alpha value is -2.57. The molecule has 0 aromatic heterocycles. The lowest BCUT2D eigenvalue weighted by Gasteiger charge is -2.24. The molecule has 1 fully saturated rings. The molecule has 0 spiro atoms. The van der Waals surface area contributed by atoms with Crippen LogP contribution in [0.4, 0.5) is 28.0 Å². The highest BCUT2D eigenvalue weighted by Crippen LogP contribution is 2.35. The SMILES string of the molecule is O=C(Nc1ccccc1C(F)(F)F)N(Cc1ccc(F)cc1)C1CC1. The average Bonchev–Trinajstić information content (AvgIpc) is 3.38. The summed E-state index contributed by atoms with van der Waals surface area (Å²) >= 11 is 0. The summed E-state index contributed by atoms with van der Waals surface area (Å²) in [6.07, 6.45) is -2.95.